The van der Waals surface area contributed by atoms with Crippen LogP contribution in [0.4, 0.5) is 0 Å². The van der Waals surface area contributed by atoms with Crippen molar-refractivity contribution in [2.45, 2.75) is 25.3 Å². The lowest BCUT2D eigenvalue weighted by Gasteiger charge is -2.15. The second kappa shape index (κ2) is 8.29. The maximum absolute atomic E-state index is 11.9. The molecule has 2 N–H and O–H groups in total. The zero-order valence-corrected chi connectivity index (χ0v) is 14.3. The second-order valence-electron chi connectivity index (χ2n) is 4.92. The molecule has 0 aliphatic rings. The number of benzene rings is 1. The van der Waals surface area contributed by atoms with Crippen LogP contribution in [0.15, 0.2) is 29.1 Å². The molecule has 0 spiro atoms. The van der Waals surface area contributed by atoms with Crippen molar-refractivity contribution < 1.29 is 14.7 Å². The van der Waals surface area contributed by atoms with E-state index in [0.29, 0.717) is 22.0 Å². The lowest BCUT2D eigenvalue weighted by Crippen LogP contribution is -2.42. The van der Waals surface area contributed by atoms with Crippen molar-refractivity contribution in [1.29, 1.82) is 0 Å². The summed E-state index contributed by atoms with van der Waals surface area (Å²) in [4.78, 5) is 27.4. The van der Waals surface area contributed by atoms with Gasteiger partial charge < -0.3 is 10.4 Å². The van der Waals surface area contributed by atoms with E-state index in [1.165, 1.54) is 11.3 Å². The molecule has 8 heteroatoms. The highest BCUT2D eigenvalue weighted by atomic mass is 35.5. The average molecular weight is 373 g/mol. The van der Waals surface area contributed by atoms with Gasteiger partial charge in [0.15, 0.2) is 0 Å². The molecule has 2 aromatic rings. The Hall–Kier alpha value is -1.63. The van der Waals surface area contributed by atoms with E-state index in [9.17, 15) is 14.7 Å². The number of hydrogen-bond acceptors (Lipinski definition) is 4. The van der Waals surface area contributed by atoms with Crippen LogP contribution in [0, 0.1) is 0 Å². The second-order valence-corrected chi connectivity index (χ2v) is 6.51. The molecule has 1 aromatic heterocycles. The molecule has 0 aliphatic carbocycles. The number of amides is 1. The largest absolute Gasteiger partial charge is 0.480 e. The fourth-order valence-corrected chi connectivity index (χ4v) is 3.20. The Kier molecular flexibility index (Phi) is 6.38. The maximum Gasteiger partial charge on any atom is 0.326 e. The summed E-state index contributed by atoms with van der Waals surface area (Å²) in [5, 5.41) is 14.5. The van der Waals surface area contributed by atoms with Gasteiger partial charge in [0.2, 0.25) is 5.91 Å². The molecule has 1 atom stereocenters. The summed E-state index contributed by atoms with van der Waals surface area (Å²) < 4.78 is 0. The lowest BCUT2D eigenvalue weighted by molar-refractivity contribution is -0.141. The van der Waals surface area contributed by atoms with Crippen molar-refractivity contribution >= 4 is 46.4 Å². The molecule has 0 saturated heterocycles. The van der Waals surface area contributed by atoms with Gasteiger partial charge in [-0.2, -0.15) is 0 Å². The molecule has 23 heavy (non-hydrogen) atoms. The number of halogens is 2. The maximum atomic E-state index is 11.9. The van der Waals surface area contributed by atoms with Crippen LogP contribution in [0.3, 0.4) is 0 Å². The normalized spacial score (nSPS) is 11.9. The number of carboxylic acids is 1. The van der Waals surface area contributed by atoms with E-state index in [4.69, 9.17) is 23.2 Å². The van der Waals surface area contributed by atoms with Crippen molar-refractivity contribution in [3.63, 3.8) is 0 Å². The molecular formula is C15H14Cl2N2O3S. The smallest absolute Gasteiger partial charge is 0.326 e. The van der Waals surface area contributed by atoms with Crippen LogP contribution in [0.25, 0.3) is 0 Å². The van der Waals surface area contributed by atoms with Gasteiger partial charge in [-0.25, -0.2) is 9.78 Å². The Labute approximate surface area is 147 Å². The summed E-state index contributed by atoms with van der Waals surface area (Å²) in [5.74, 6) is -1.44. The average Bonchev–Trinajstić information content (AvgIpc) is 2.96. The zero-order valence-electron chi connectivity index (χ0n) is 12.0. The zero-order chi connectivity index (χ0) is 16.8. The van der Waals surface area contributed by atoms with Gasteiger partial charge in [-0.05, 0) is 30.2 Å². The van der Waals surface area contributed by atoms with E-state index in [0.717, 1.165) is 5.69 Å². The number of thiazole rings is 1. The first-order chi connectivity index (χ1) is 10.9. The first kappa shape index (κ1) is 17.7. The van der Waals surface area contributed by atoms with Gasteiger partial charge in [-0.3, -0.25) is 4.79 Å². The van der Waals surface area contributed by atoms with Crippen LogP contribution in [-0.4, -0.2) is 28.0 Å². The van der Waals surface area contributed by atoms with E-state index >= 15 is 0 Å². The van der Waals surface area contributed by atoms with E-state index in [-0.39, 0.29) is 18.7 Å². The fourth-order valence-electron chi connectivity index (χ4n) is 2.03. The quantitative estimate of drug-likeness (QED) is 0.781. The Morgan fingerprint density at radius 2 is 1.96 bits per heavy atom. The third-order valence-corrected chi connectivity index (χ3v) is 4.16. The first-order valence-electron chi connectivity index (χ1n) is 6.78. The highest BCUT2D eigenvalue weighted by Crippen LogP contribution is 2.20. The van der Waals surface area contributed by atoms with E-state index < -0.39 is 12.0 Å². The molecule has 1 amide bonds. The number of carbonyl (C=O) groups excluding carboxylic acids is 1. The van der Waals surface area contributed by atoms with E-state index in [1.807, 2.05) is 5.38 Å². The number of carbonyl (C=O) groups is 2. The van der Waals surface area contributed by atoms with Gasteiger partial charge in [0.1, 0.15) is 6.04 Å². The first-order valence-corrected chi connectivity index (χ1v) is 8.48. The van der Waals surface area contributed by atoms with Crippen LogP contribution in [0.2, 0.25) is 10.0 Å². The van der Waals surface area contributed by atoms with Crippen molar-refractivity contribution in [1.82, 2.24) is 10.3 Å². The predicted molar refractivity (Wildman–Crippen MR) is 90.2 cm³/mol. The molecule has 1 aromatic carbocycles. The number of aryl methyl sites for hydroxylation is 1. The minimum atomic E-state index is -1.11. The van der Waals surface area contributed by atoms with Gasteiger partial charge >= 0.3 is 5.97 Å². The fraction of sp³-hybridized carbons (Fsp3) is 0.267. The summed E-state index contributed by atoms with van der Waals surface area (Å²) >= 11 is 13.3. The molecule has 0 bridgehead atoms. The minimum absolute atomic E-state index is 0.109. The molecule has 122 valence electrons. The number of aliphatic carboxylic acids is 1. The molecule has 0 fully saturated rings. The van der Waals surface area contributed by atoms with E-state index in [2.05, 4.69) is 10.3 Å². The number of carboxylic acid groups (broad SMARTS) is 1. The number of nitrogens with one attached hydrogen (secondary N) is 1. The predicted octanol–water partition coefficient (Wildman–Crippen LogP) is 3.19. The Bertz CT molecular complexity index is 672. The van der Waals surface area contributed by atoms with Crippen LogP contribution in [0.5, 0.6) is 0 Å². The molecule has 1 heterocycles. The molecule has 0 radical (unpaired) electrons. The Morgan fingerprint density at radius 3 is 2.52 bits per heavy atom. The molecule has 0 saturated carbocycles. The highest BCUT2D eigenvalue weighted by Gasteiger charge is 2.20. The van der Waals surface area contributed by atoms with Gasteiger partial charge in [0.05, 0.1) is 11.2 Å². The van der Waals surface area contributed by atoms with E-state index in [1.54, 1.807) is 23.7 Å². The SMILES string of the molecule is O=C(CCc1cscn1)NC(Cc1cc(Cl)cc(Cl)c1)C(=O)O. The molecule has 1 unspecified atom stereocenters. The van der Waals surface area contributed by atoms with Crippen molar-refractivity contribution in [3.8, 4) is 0 Å². The molecule has 0 aliphatic heterocycles. The summed E-state index contributed by atoms with van der Waals surface area (Å²) in [7, 11) is 0. The Morgan fingerprint density at radius 1 is 1.26 bits per heavy atom. The summed E-state index contributed by atoms with van der Waals surface area (Å²) in [6.07, 6.45) is 0.770. The summed E-state index contributed by atoms with van der Waals surface area (Å²) in [6, 6.07) is 3.79. The topological polar surface area (TPSA) is 79.3 Å². The van der Waals surface area contributed by atoms with Gasteiger partial charge in [0, 0.05) is 28.3 Å². The van der Waals surface area contributed by atoms with Crippen molar-refractivity contribution in [2.75, 3.05) is 0 Å². The van der Waals surface area contributed by atoms with Crippen LogP contribution < -0.4 is 5.32 Å². The molecular weight excluding hydrogens is 359 g/mol. The monoisotopic (exact) mass is 372 g/mol. The standard InChI is InChI=1S/C15H14Cl2N2O3S/c16-10-3-9(4-11(17)6-10)5-13(15(21)22)19-14(20)2-1-12-7-23-8-18-12/h3-4,6-8,13H,1-2,5H2,(H,19,20)(H,21,22). The molecule has 5 nitrogen and oxygen atoms in total. The number of rotatable bonds is 7. The van der Waals surface area contributed by atoms with Gasteiger partial charge in [-0.1, -0.05) is 23.2 Å². The third-order valence-electron chi connectivity index (χ3n) is 3.09. The molecule has 2 rings (SSSR count). The van der Waals surface area contributed by atoms with Crippen molar-refractivity contribution in [3.05, 3.63) is 50.4 Å². The number of nitrogens with zero attached hydrogens (tertiary/aromatic N) is 1. The third kappa shape index (κ3) is 5.82. The van der Waals surface area contributed by atoms with Crippen LogP contribution in [-0.2, 0) is 22.4 Å². The Balaban J connectivity index is 1.95. The van der Waals surface area contributed by atoms with Gasteiger partial charge in [0.25, 0.3) is 0 Å². The highest BCUT2D eigenvalue weighted by molar-refractivity contribution is 7.07. The van der Waals surface area contributed by atoms with Gasteiger partial charge in [-0.15, -0.1) is 11.3 Å². The summed E-state index contributed by atoms with van der Waals surface area (Å²) in [5.41, 5.74) is 3.16. The lowest BCUT2D eigenvalue weighted by atomic mass is 10.1. The number of hydrogen-bond donors (Lipinski definition) is 2. The van der Waals surface area contributed by atoms with Crippen LogP contribution in [0.1, 0.15) is 17.7 Å². The summed E-state index contributed by atoms with van der Waals surface area (Å²) in [6.45, 7) is 0. The minimum Gasteiger partial charge on any atom is -0.480 e. The van der Waals surface area contributed by atoms with Crippen LogP contribution >= 0.6 is 34.5 Å². The van der Waals surface area contributed by atoms with Crippen molar-refractivity contribution in [2.24, 2.45) is 0 Å². The number of aromatic nitrogens is 1.